The Hall–Kier alpha value is -2.72. The van der Waals surface area contributed by atoms with Gasteiger partial charge in [-0.25, -0.2) is 9.48 Å². The van der Waals surface area contributed by atoms with Gasteiger partial charge in [0.25, 0.3) is 0 Å². The highest BCUT2D eigenvalue weighted by atomic mass is 16.2. The molecule has 0 saturated carbocycles. The van der Waals surface area contributed by atoms with Gasteiger partial charge in [-0.15, -0.1) is 17.9 Å². The van der Waals surface area contributed by atoms with Crippen molar-refractivity contribution in [3.05, 3.63) is 40.8 Å². The van der Waals surface area contributed by atoms with Gasteiger partial charge in [0.2, 0.25) is 0 Å². The molecular formula is C14H11N3O. The molecule has 0 saturated heterocycles. The second-order valence-corrected chi connectivity index (χ2v) is 3.62. The molecule has 18 heavy (non-hydrogen) atoms. The summed E-state index contributed by atoms with van der Waals surface area (Å²) in [6.45, 7) is 0.309. The molecule has 0 amide bonds. The Balaban J connectivity index is 2.61. The Bertz CT molecular complexity index is 681. The lowest BCUT2D eigenvalue weighted by molar-refractivity contribution is 0.663. The highest BCUT2D eigenvalue weighted by Crippen LogP contribution is 2.14. The molecule has 88 valence electrons. The average molecular weight is 237 g/mol. The number of aromatic nitrogens is 3. The number of hydrogen-bond acceptors (Lipinski definition) is 2. The fourth-order valence-electron chi connectivity index (χ4n) is 1.67. The lowest BCUT2D eigenvalue weighted by atomic mass is 10.2. The summed E-state index contributed by atoms with van der Waals surface area (Å²) in [6.07, 6.45) is 10.5. The fourth-order valence-corrected chi connectivity index (χ4v) is 1.67. The lowest BCUT2D eigenvalue weighted by Crippen LogP contribution is -2.24. The van der Waals surface area contributed by atoms with Crippen LogP contribution in [-0.4, -0.2) is 14.3 Å². The van der Waals surface area contributed by atoms with Gasteiger partial charge in [0, 0.05) is 5.56 Å². The molecule has 2 aromatic rings. The molecule has 1 heterocycles. The van der Waals surface area contributed by atoms with Gasteiger partial charge in [0.05, 0.1) is 6.54 Å². The van der Waals surface area contributed by atoms with E-state index in [1.807, 2.05) is 30.3 Å². The molecular weight excluding hydrogens is 226 g/mol. The molecule has 1 aromatic carbocycles. The maximum atomic E-state index is 12.0. The van der Waals surface area contributed by atoms with Crippen molar-refractivity contribution >= 4 is 0 Å². The van der Waals surface area contributed by atoms with Crippen molar-refractivity contribution in [2.45, 2.75) is 13.1 Å². The Kier molecular flexibility index (Phi) is 3.31. The van der Waals surface area contributed by atoms with Crippen molar-refractivity contribution in [1.29, 1.82) is 0 Å². The van der Waals surface area contributed by atoms with E-state index in [-0.39, 0.29) is 18.8 Å². The minimum atomic E-state index is -0.287. The zero-order chi connectivity index (χ0) is 13.0. The smallest absolute Gasteiger partial charge is 0.263 e. The van der Waals surface area contributed by atoms with Gasteiger partial charge < -0.3 is 0 Å². The van der Waals surface area contributed by atoms with Crippen LogP contribution in [0.15, 0.2) is 35.1 Å². The molecule has 0 aliphatic rings. The van der Waals surface area contributed by atoms with Gasteiger partial charge in [-0.05, 0) is 0 Å². The van der Waals surface area contributed by atoms with Crippen LogP contribution in [0, 0.1) is 24.7 Å². The zero-order valence-electron chi connectivity index (χ0n) is 9.71. The normalized spacial score (nSPS) is 9.67. The van der Waals surface area contributed by atoms with Crippen molar-refractivity contribution in [2.75, 3.05) is 0 Å². The van der Waals surface area contributed by atoms with E-state index in [2.05, 4.69) is 16.9 Å². The SMILES string of the molecule is C#CCn1nc(-c2ccccc2)n(CC#C)c1=O. The Labute approximate surface area is 105 Å². The number of rotatable bonds is 3. The highest BCUT2D eigenvalue weighted by Gasteiger charge is 2.13. The molecule has 0 bridgehead atoms. The molecule has 0 unspecified atom stereocenters. The number of benzene rings is 1. The van der Waals surface area contributed by atoms with Gasteiger partial charge >= 0.3 is 5.69 Å². The van der Waals surface area contributed by atoms with Crippen molar-refractivity contribution < 1.29 is 0 Å². The molecule has 0 atom stereocenters. The van der Waals surface area contributed by atoms with E-state index >= 15 is 0 Å². The van der Waals surface area contributed by atoms with Crippen LogP contribution in [0.25, 0.3) is 11.4 Å². The van der Waals surface area contributed by atoms with Crippen LogP contribution in [0.5, 0.6) is 0 Å². The Morgan fingerprint density at radius 3 is 2.39 bits per heavy atom. The van der Waals surface area contributed by atoms with Crippen molar-refractivity contribution in [1.82, 2.24) is 14.3 Å². The fraction of sp³-hybridized carbons (Fsp3) is 0.143. The topological polar surface area (TPSA) is 39.8 Å². The number of nitrogens with zero attached hydrogens (tertiary/aromatic N) is 3. The van der Waals surface area contributed by atoms with E-state index in [1.54, 1.807) is 0 Å². The molecule has 4 heteroatoms. The number of terminal acetylenes is 2. The molecule has 0 fully saturated rings. The largest absolute Gasteiger partial charge is 0.347 e. The van der Waals surface area contributed by atoms with Crippen LogP contribution in [0.1, 0.15) is 0 Å². The summed E-state index contributed by atoms with van der Waals surface area (Å²) < 4.78 is 2.67. The van der Waals surface area contributed by atoms with E-state index in [9.17, 15) is 4.79 Å². The van der Waals surface area contributed by atoms with Crippen LogP contribution in [0.2, 0.25) is 0 Å². The molecule has 2 rings (SSSR count). The predicted molar refractivity (Wildman–Crippen MR) is 69.6 cm³/mol. The van der Waals surface area contributed by atoms with Gasteiger partial charge in [0.1, 0.15) is 6.54 Å². The zero-order valence-corrected chi connectivity index (χ0v) is 9.71. The molecule has 0 aliphatic carbocycles. The summed E-state index contributed by atoms with van der Waals surface area (Å²) in [7, 11) is 0. The van der Waals surface area contributed by atoms with E-state index in [0.29, 0.717) is 5.82 Å². The van der Waals surface area contributed by atoms with E-state index < -0.39 is 0 Å². The maximum Gasteiger partial charge on any atom is 0.347 e. The third kappa shape index (κ3) is 2.05. The number of hydrogen-bond donors (Lipinski definition) is 0. The van der Waals surface area contributed by atoms with Gasteiger partial charge in [0.15, 0.2) is 5.82 Å². The quantitative estimate of drug-likeness (QED) is 0.746. The van der Waals surface area contributed by atoms with Crippen molar-refractivity contribution in [2.24, 2.45) is 0 Å². The molecule has 0 N–H and O–H groups in total. The average Bonchev–Trinajstić information content (AvgIpc) is 2.70. The van der Waals surface area contributed by atoms with Crippen LogP contribution >= 0.6 is 0 Å². The Morgan fingerprint density at radius 2 is 1.78 bits per heavy atom. The van der Waals surface area contributed by atoms with Crippen molar-refractivity contribution in [3.8, 4) is 36.1 Å². The maximum absolute atomic E-state index is 12.0. The summed E-state index contributed by atoms with van der Waals surface area (Å²) in [5, 5.41) is 4.22. The van der Waals surface area contributed by atoms with Crippen molar-refractivity contribution in [3.63, 3.8) is 0 Å². The van der Waals surface area contributed by atoms with Crippen LogP contribution in [0.4, 0.5) is 0 Å². The van der Waals surface area contributed by atoms with Crippen LogP contribution < -0.4 is 5.69 Å². The summed E-state index contributed by atoms with van der Waals surface area (Å²) in [6, 6.07) is 9.38. The van der Waals surface area contributed by atoms with Gasteiger partial charge in [-0.3, -0.25) is 4.57 Å². The summed E-state index contributed by atoms with van der Waals surface area (Å²) >= 11 is 0. The first kappa shape index (κ1) is 11.8. The monoisotopic (exact) mass is 237 g/mol. The molecule has 0 radical (unpaired) electrons. The minimum Gasteiger partial charge on any atom is -0.263 e. The molecule has 0 aliphatic heterocycles. The van der Waals surface area contributed by atoms with Gasteiger partial charge in [-0.1, -0.05) is 42.2 Å². The van der Waals surface area contributed by atoms with E-state index in [0.717, 1.165) is 5.56 Å². The van der Waals surface area contributed by atoms with Crippen LogP contribution in [0.3, 0.4) is 0 Å². The summed E-state index contributed by atoms with van der Waals surface area (Å²) in [5.41, 5.74) is 0.547. The van der Waals surface area contributed by atoms with Gasteiger partial charge in [-0.2, -0.15) is 0 Å². The standard InChI is InChI=1S/C14H11N3O/c1-3-10-16-13(12-8-6-5-7-9-12)15-17(11-4-2)14(16)18/h1-2,5-9H,10-11H2. The second-order valence-electron chi connectivity index (χ2n) is 3.62. The first-order valence-electron chi connectivity index (χ1n) is 5.38. The van der Waals surface area contributed by atoms with E-state index in [1.165, 1.54) is 9.25 Å². The third-order valence-corrected chi connectivity index (χ3v) is 2.45. The molecule has 0 spiro atoms. The minimum absolute atomic E-state index is 0.135. The third-order valence-electron chi connectivity index (χ3n) is 2.45. The Morgan fingerprint density at radius 1 is 1.11 bits per heavy atom. The lowest BCUT2D eigenvalue weighted by Gasteiger charge is -2.00. The molecule has 4 nitrogen and oxygen atoms in total. The first-order chi connectivity index (χ1) is 8.77. The van der Waals surface area contributed by atoms with E-state index in [4.69, 9.17) is 12.8 Å². The molecule has 1 aromatic heterocycles. The predicted octanol–water partition coefficient (Wildman–Crippen LogP) is 0.978. The summed E-state index contributed by atoms with van der Waals surface area (Å²) in [5.74, 6) is 5.38. The summed E-state index contributed by atoms with van der Waals surface area (Å²) in [4.78, 5) is 12.0. The second kappa shape index (κ2) is 5.07. The highest BCUT2D eigenvalue weighted by molar-refractivity contribution is 5.54. The first-order valence-corrected chi connectivity index (χ1v) is 5.38. The van der Waals surface area contributed by atoms with Crippen LogP contribution in [-0.2, 0) is 13.1 Å².